The SMILES string of the molecule is O=C(CNc1ccc2ccccc2c1)NC1CC1. The number of carbonyl (C=O) groups is 1. The molecule has 2 aromatic carbocycles. The largest absolute Gasteiger partial charge is 0.376 e. The molecule has 0 spiro atoms. The summed E-state index contributed by atoms with van der Waals surface area (Å²) in [7, 11) is 0. The molecule has 2 aromatic rings. The molecule has 1 amide bonds. The second kappa shape index (κ2) is 4.69. The van der Waals surface area contributed by atoms with E-state index in [4.69, 9.17) is 0 Å². The average molecular weight is 240 g/mol. The fourth-order valence-corrected chi connectivity index (χ4v) is 1.99. The van der Waals surface area contributed by atoms with Gasteiger partial charge >= 0.3 is 0 Å². The zero-order valence-electron chi connectivity index (χ0n) is 10.1. The molecule has 1 aliphatic carbocycles. The van der Waals surface area contributed by atoms with E-state index in [0.29, 0.717) is 12.6 Å². The van der Waals surface area contributed by atoms with Crippen LogP contribution in [0.2, 0.25) is 0 Å². The molecule has 0 unspecified atom stereocenters. The Morgan fingerprint density at radius 3 is 2.67 bits per heavy atom. The minimum absolute atomic E-state index is 0.0747. The monoisotopic (exact) mass is 240 g/mol. The number of carbonyl (C=O) groups excluding carboxylic acids is 1. The molecule has 0 atom stereocenters. The number of hydrogen-bond donors (Lipinski definition) is 2. The normalized spacial score (nSPS) is 14.4. The van der Waals surface area contributed by atoms with Crippen LogP contribution in [0.15, 0.2) is 42.5 Å². The van der Waals surface area contributed by atoms with Gasteiger partial charge in [-0.1, -0.05) is 30.3 Å². The van der Waals surface area contributed by atoms with Crippen LogP contribution in [0.1, 0.15) is 12.8 Å². The summed E-state index contributed by atoms with van der Waals surface area (Å²) in [4.78, 5) is 11.6. The summed E-state index contributed by atoms with van der Waals surface area (Å²) in [5, 5.41) is 8.52. The summed E-state index contributed by atoms with van der Waals surface area (Å²) in [5.74, 6) is 0.0747. The van der Waals surface area contributed by atoms with E-state index in [-0.39, 0.29) is 5.91 Å². The molecule has 3 heteroatoms. The maximum Gasteiger partial charge on any atom is 0.239 e. The number of benzene rings is 2. The number of nitrogens with one attached hydrogen (secondary N) is 2. The van der Waals surface area contributed by atoms with Crippen molar-refractivity contribution in [1.82, 2.24) is 5.32 Å². The van der Waals surface area contributed by atoms with Gasteiger partial charge in [0.05, 0.1) is 6.54 Å². The maximum absolute atomic E-state index is 11.6. The molecule has 2 N–H and O–H groups in total. The summed E-state index contributed by atoms with van der Waals surface area (Å²) >= 11 is 0. The maximum atomic E-state index is 11.6. The molecule has 0 saturated heterocycles. The molecular weight excluding hydrogens is 224 g/mol. The Kier molecular flexibility index (Phi) is 2.89. The predicted molar refractivity (Wildman–Crippen MR) is 73.6 cm³/mol. The van der Waals surface area contributed by atoms with Gasteiger partial charge in [0.2, 0.25) is 5.91 Å². The Bertz CT molecular complexity index is 575. The lowest BCUT2D eigenvalue weighted by molar-refractivity contribution is -0.119. The highest BCUT2D eigenvalue weighted by Crippen LogP contribution is 2.19. The fourth-order valence-electron chi connectivity index (χ4n) is 1.99. The van der Waals surface area contributed by atoms with Crippen molar-refractivity contribution < 1.29 is 4.79 Å². The predicted octanol–water partition coefficient (Wildman–Crippen LogP) is 2.53. The quantitative estimate of drug-likeness (QED) is 0.862. The first-order valence-corrected chi connectivity index (χ1v) is 6.33. The van der Waals surface area contributed by atoms with E-state index in [1.165, 1.54) is 10.8 Å². The summed E-state index contributed by atoms with van der Waals surface area (Å²) < 4.78 is 0. The first kappa shape index (κ1) is 11.1. The molecule has 3 nitrogen and oxygen atoms in total. The Morgan fingerprint density at radius 1 is 1.11 bits per heavy atom. The lowest BCUT2D eigenvalue weighted by Crippen LogP contribution is -2.31. The highest BCUT2D eigenvalue weighted by molar-refractivity contribution is 5.87. The van der Waals surface area contributed by atoms with Crippen LogP contribution >= 0.6 is 0 Å². The molecular formula is C15H16N2O. The molecule has 0 radical (unpaired) electrons. The molecule has 0 aromatic heterocycles. The van der Waals surface area contributed by atoms with Crippen molar-refractivity contribution in [1.29, 1.82) is 0 Å². The van der Waals surface area contributed by atoms with Gasteiger partial charge in [-0.05, 0) is 35.7 Å². The lowest BCUT2D eigenvalue weighted by Gasteiger charge is -2.08. The van der Waals surface area contributed by atoms with Gasteiger partial charge in [0.15, 0.2) is 0 Å². The standard InChI is InChI=1S/C15H16N2O/c18-15(17-13-7-8-13)10-16-14-6-5-11-3-1-2-4-12(11)9-14/h1-6,9,13,16H,7-8,10H2,(H,17,18). The molecule has 0 heterocycles. The van der Waals surface area contributed by atoms with Gasteiger partial charge in [-0.3, -0.25) is 4.79 Å². The summed E-state index contributed by atoms with van der Waals surface area (Å²) in [6.07, 6.45) is 2.25. The van der Waals surface area contributed by atoms with Gasteiger partial charge in [0.25, 0.3) is 0 Å². The Labute approximate surface area is 106 Å². The third kappa shape index (κ3) is 2.62. The third-order valence-corrected chi connectivity index (χ3v) is 3.14. The Balaban J connectivity index is 1.64. The highest BCUT2D eigenvalue weighted by atomic mass is 16.2. The van der Waals surface area contributed by atoms with Gasteiger partial charge in [-0.25, -0.2) is 0 Å². The minimum atomic E-state index is 0.0747. The molecule has 1 aliphatic rings. The van der Waals surface area contributed by atoms with Crippen LogP contribution in [0.25, 0.3) is 10.8 Å². The van der Waals surface area contributed by atoms with Crippen molar-refractivity contribution in [2.24, 2.45) is 0 Å². The van der Waals surface area contributed by atoms with Crippen LogP contribution in [0.4, 0.5) is 5.69 Å². The zero-order chi connectivity index (χ0) is 12.4. The van der Waals surface area contributed by atoms with Gasteiger partial charge in [-0.15, -0.1) is 0 Å². The Hall–Kier alpha value is -2.03. The molecule has 1 fully saturated rings. The van der Waals surface area contributed by atoms with E-state index in [9.17, 15) is 4.79 Å². The molecule has 3 rings (SSSR count). The molecule has 92 valence electrons. The van der Waals surface area contributed by atoms with Crippen LogP contribution < -0.4 is 10.6 Å². The van der Waals surface area contributed by atoms with Crippen molar-refractivity contribution in [3.8, 4) is 0 Å². The van der Waals surface area contributed by atoms with E-state index >= 15 is 0 Å². The van der Waals surface area contributed by atoms with Crippen molar-refractivity contribution >= 4 is 22.4 Å². The van der Waals surface area contributed by atoms with Crippen LogP contribution in [0.3, 0.4) is 0 Å². The average Bonchev–Trinajstić information content (AvgIpc) is 3.20. The summed E-state index contributed by atoms with van der Waals surface area (Å²) in [6, 6.07) is 14.8. The molecule has 1 saturated carbocycles. The van der Waals surface area contributed by atoms with Crippen LogP contribution in [-0.2, 0) is 4.79 Å². The van der Waals surface area contributed by atoms with Crippen LogP contribution in [-0.4, -0.2) is 18.5 Å². The van der Waals surface area contributed by atoms with E-state index in [0.717, 1.165) is 18.5 Å². The molecule has 0 bridgehead atoms. The number of anilines is 1. The lowest BCUT2D eigenvalue weighted by atomic mass is 10.1. The summed E-state index contributed by atoms with van der Waals surface area (Å²) in [6.45, 7) is 0.342. The number of fused-ring (bicyclic) bond motifs is 1. The number of amides is 1. The molecule has 0 aliphatic heterocycles. The first-order valence-electron chi connectivity index (χ1n) is 6.33. The summed E-state index contributed by atoms with van der Waals surface area (Å²) in [5.41, 5.74) is 0.986. The van der Waals surface area contributed by atoms with Crippen LogP contribution in [0, 0.1) is 0 Å². The van der Waals surface area contributed by atoms with Gasteiger partial charge in [0, 0.05) is 11.7 Å². The first-order chi connectivity index (χ1) is 8.81. The van der Waals surface area contributed by atoms with E-state index < -0.39 is 0 Å². The van der Waals surface area contributed by atoms with Crippen molar-refractivity contribution in [3.63, 3.8) is 0 Å². The Morgan fingerprint density at radius 2 is 1.89 bits per heavy atom. The number of hydrogen-bond acceptors (Lipinski definition) is 2. The van der Waals surface area contributed by atoms with Gasteiger partial charge in [-0.2, -0.15) is 0 Å². The second-order valence-electron chi connectivity index (χ2n) is 4.76. The van der Waals surface area contributed by atoms with Crippen molar-refractivity contribution in [3.05, 3.63) is 42.5 Å². The molecule has 18 heavy (non-hydrogen) atoms. The smallest absolute Gasteiger partial charge is 0.239 e. The highest BCUT2D eigenvalue weighted by Gasteiger charge is 2.22. The third-order valence-electron chi connectivity index (χ3n) is 3.14. The van der Waals surface area contributed by atoms with Crippen molar-refractivity contribution in [2.75, 3.05) is 11.9 Å². The van der Waals surface area contributed by atoms with Gasteiger partial charge in [0.1, 0.15) is 0 Å². The zero-order valence-corrected chi connectivity index (χ0v) is 10.1. The second-order valence-corrected chi connectivity index (χ2v) is 4.76. The van der Waals surface area contributed by atoms with E-state index in [1.54, 1.807) is 0 Å². The van der Waals surface area contributed by atoms with E-state index in [1.807, 2.05) is 18.2 Å². The fraction of sp³-hybridized carbons (Fsp3) is 0.267. The van der Waals surface area contributed by atoms with E-state index in [2.05, 4.69) is 34.9 Å². The van der Waals surface area contributed by atoms with Gasteiger partial charge < -0.3 is 10.6 Å². The van der Waals surface area contributed by atoms with Crippen molar-refractivity contribution in [2.45, 2.75) is 18.9 Å². The number of rotatable bonds is 4. The van der Waals surface area contributed by atoms with Crippen LogP contribution in [0.5, 0.6) is 0 Å². The minimum Gasteiger partial charge on any atom is -0.376 e. The topological polar surface area (TPSA) is 41.1 Å².